The second kappa shape index (κ2) is 50.1. The first kappa shape index (κ1) is 63.2. The Morgan fingerprint density at radius 2 is 0.846 bits per heavy atom. The predicted molar refractivity (Wildman–Crippen MR) is 272 cm³/mol. The van der Waals surface area contributed by atoms with Crippen LogP contribution in [0.4, 0.5) is 0 Å². The molecule has 382 valence electrons. The van der Waals surface area contributed by atoms with Gasteiger partial charge < -0.3 is 25.2 Å². The third-order valence-corrected chi connectivity index (χ3v) is 12.8. The number of aliphatic carboxylic acids is 1. The topological polar surface area (TPSA) is 155 Å². The van der Waals surface area contributed by atoms with Crippen LogP contribution in [0.2, 0.25) is 0 Å². The Morgan fingerprint density at radius 1 is 0.492 bits per heavy atom. The number of ether oxygens (including phenoxy) is 2. The number of allylic oxidation sites excluding steroid dienone is 6. The molecule has 0 aliphatic carbocycles. The molecule has 0 aromatic carbocycles. The zero-order valence-corrected chi connectivity index (χ0v) is 43.0. The SMILES string of the molecule is CCCCCCC/C=C\C/C=C\CCCCCCCCCCCC(=O)OC(COCCCCCCCCCCCC/C=C\CCCCCCCCCC)COP(=O)(O)OCC(N)C(=O)O. The van der Waals surface area contributed by atoms with Gasteiger partial charge in [-0.25, -0.2) is 4.57 Å². The summed E-state index contributed by atoms with van der Waals surface area (Å²) in [6, 6.07) is -1.47. The lowest BCUT2D eigenvalue weighted by Gasteiger charge is -2.20. The molecule has 0 amide bonds. The van der Waals surface area contributed by atoms with Crippen molar-refractivity contribution in [3.05, 3.63) is 36.5 Å². The van der Waals surface area contributed by atoms with Crippen molar-refractivity contribution in [1.29, 1.82) is 0 Å². The molecule has 0 radical (unpaired) electrons. The van der Waals surface area contributed by atoms with E-state index in [1.165, 1.54) is 180 Å². The maximum Gasteiger partial charge on any atom is 0.472 e. The van der Waals surface area contributed by atoms with Crippen LogP contribution >= 0.6 is 7.82 Å². The quantitative estimate of drug-likeness (QED) is 0.0232. The maximum absolute atomic E-state index is 12.7. The van der Waals surface area contributed by atoms with Crippen molar-refractivity contribution in [3.63, 3.8) is 0 Å². The largest absolute Gasteiger partial charge is 0.480 e. The Balaban J connectivity index is 4.11. The van der Waals surface area contributed by atoms with Crippen molar-refractivity contribution in [2.75, 3.05) is 26.4 Å². The maximum atomic E-state index is 12.7. The van der Waals surface area contributed by atoms with E-state index in [2.05, 4.69) is 50.3 Å². The molecule has 0 saturated heterocycles. The molecule has 0 aromatic heterocycles. The zero-order valence-electron chi connectivity index (χ0n) is 42.1. The Morgan fingerprint density at radius 3 is 1.26 bits per heavy atom. The van der Waals surface area contributed by atoms with Crippen LogP contribution in [-0.4, -0.2) is 60.5 Å². The van der Waals surface area contributed by atoms with Gasteiger partial charge in [-0.05, 0) is 70.6 Å². The van der Waals surface area contributed by atoms with E-state index < -0.39 is 45.1 Å². The molecule has 4 N–H and O–H groups in total. The normalized spacial score (nSPS) is 13.9. The highest BCUT2D eigenvalue weighted by Gasteiger charge is 2.27. The first-order valence-corrected chi connectivity index (χ1v) is 28.5. The number of carboxylic acid groups (broad SMARTS) is 1. The van der Waals surface area contributed by atoms with Gasteiger partial charge in [-0.15, -0.1) is 0 Å². The van der Waals surface area contributed by atoms with Gasteiger partial charge in [-0.2, -0.15) is 0 Å². The van der Waals surface area contributed by atoms with Crippen LogP contribution in [0.15, 0.2) is 36.5 Å². The van der Waals surface area contributed by atoms with Crippen molar-refractivity contribution in [2.45, 2.75) is 270 Å². The summed E-state index contributed by atoms with van der Waals surface area (Å²) in [7, 11) is -4.62. The van der Waals surface area contributed by atoms with Crippen molar-refractivity contribution in [1.82, 2.24) is 0 Å². The molecular formula is C54H102NO9P. The van der Waals surface area contributed by atoms with Crippen LogP contribution in [0.3, 0.4) is 0 Å². The van der Waals surface area contributed by atoms with E-state index in [0.29, 0.717) is 13.0 Å². The summed E-state index contributed by atoms with van der Waals surface area (Å²) in [6.45, 7) is 3.91. The average molecular weight is 940 g/mol. The fourth-order valence-corrected chi connectivity index (χ4v) is 8.47. The molecule has 0 rings (SSSR count). The van der Waals surface area contributed by atoms with E-state index in [-0.39, 0.29) is 13.0 Å². The van der Waals surface area contributed by atoms with Crippen molar-refractivity contribution in [3.8, 4) is 0 Å². The van der Waals surface area contributed by atoms with Crippen LogP contribution < -0.4 is 5.73 Å². The highest BCUT2D eigenvalue weighted by molar-refractivity contribution is 7.47. The Hall–Kier alpha value is -1.81. The summed E-state index contributed by atoms with van der Waals surface area (Å²) in [6.07, 6.45) is 59.2. The number of hydrogen-bond acceptors (Lipinski definition) is 8. The number of carboxylic acids is 1. The van der Waals surface area contributed by atoms with Gasteiger partial charge in [-0.3, -0.25) is 18.6 Å². The minimum absolute atomic E-state index is 0.0162. The molecule has 65 heavy (non-hydrogen) atoms. The molecule has 0 heterocycles. The summed E-state index contributed by atoms with van der Waals surface area (Å²) in [4.78, 5) is 33.7. The molecule has 11 heteroatoms. The first-order valence-electron chi connectivity index (χ1n) is 27.0. The van der Waals surface area contributed by atoms with E-state index in [1.807, 2.05) is 0 Å². The van der Waals surface area contributed by atoms with Gasteiger partial charge >= 0.3 is 19.8 Å². The Labute approximate surface area is 399 Å². The summed E-state index contributed by atoms with van der Waals surface area (Å²) < 4.78 is 33.6. The summed E-state index contributed by atoms with van der Waals surface area (Å²) in [5, 5.41) is 8.94. The van der Waals surface area contributed by atoms with Crippen LogP contribution in [0, 0.1) is 0 Å². The highest BCUT2D eigenvalue weighted by Crippen LogP contribution is 2.43. The minimum atomic E-state index is -4.62. The van der Waals surface area contributed by atoms with Crippen LogP contribution in [0.25, 0.3) is 0 Å². The number of phosphoric acid groups is 1. The smallest absolute Gasteiger partial charge is 0.472 e. The molecule has 0 fully saturated rings. The number of hydrogen-bond donors (Lipinski definition) is 3. The Bertz CT molecular complexity index is 1180. The third-order valence-electron chi connectivity index (χ3n) is 11.9. The minimum Gasteiger partial charge on any atom is -0.480 e. The number of rotatable bonds is 52. The van der Waals surface area contributed by atoms with E-state index in [4.69, 9.17) is 29.4 Å². The van der Waals surface area contributed by atoms with Gasteiger partial charge in [0.1, 0.15) is 12.1 Å². The Kier molecular flexibility index (Phi) is 48.7. The molecule has 0 spiro atoms. The molecule has 0 aliphatic rings. The summed E-state index contributed by atoms with van der Waals surface area (Å²) >= 11 is 0. The number of carbonyl (C=O) groups is 2. The van der Waals surface area contributed by atoms with Crippen LogP contribution in [-0.2, 0) is 32.7 Å². The summed E-state index contributed by atoms with van der Waals surface area (Å²) in [5.41, 5.74) is 5.38. The lowest BCUT2D eigenvalue weighted by molar-refractivity contribution is -0.154. The van der Waals surface area contributed by atoms with Gasteiger partial charge in [-0.1, -0.05) is 217 Å². The lowest BCUT2D eigenvalue weighted by Crippen LogP contribution is -2.34. The molecule has 0 saturated carbocycles. The fraction of sp³-hybridized carbons (Fsp3) is 0.852. The van der Waals surface area contributed by atoms with Crippen molar-refractivity contribution in [2.24, 2.45) is 5.73 Å². The molecule has 10 nitrogen and oxygen atoms in total. The highest BCUT2D eigenvalue weighted by atomic mass is 31.2. The summed E-state index contributed by atoms with van der Waals surface area (Å²) in [5.74, 6) is -1.78. The van der Waals surface area contributed by atoms with Crippen molar-refractivity contribution < 1.29 is 42.7 Å². The van der Waals surface area contributed by atoms with E-state index >= 15 is 0 Å². The number of esters is 1. The third kappa shape index (κ3) is 49.9. The van der Waals surface area contributed by atoms with E-state index in [0.717, 1.165) is 51.4 Å². The molecule has 3 atom stereocenters. The predicted octanol–water partition coefficient (Wildman–Crippen LogP) is 16.0. The average Bonchev–Trinajstić information content (AvgIpc) is 3.29. The van der Waals surface area contributed by atoms with E-state index in [1.54, 1.807) is 0 Å². The monoisotopic (exact) mass is 940 g/mol. The second-order valence-electron chi connectivity index (χ2n) is 18.4. The molecule has 0 aromatic rings. The first-order chi connectivity index (χ1) is 31.7. The van der Waals surface area contributed by atoms with Gasteiger partial charge in [0.15, 0.2) is 0 Å². The van der Waals surface area contributed by atoms with Gasteiger partial charge in [0.2, 0.25) is 0 Å². The number of unbranched alkanes of at least 4 members (excludes halogenated alkanes) is 32. The molecule has 0 aliphatic heterocycles. The molecule has 0 bridgehead atoms. The lowest BCUT2D eigenvalue weighted by atomic mass is 10.1. The number of phosphoric ester groups is 1. The standard InChI is InChI=1S/C54H102NO9P/c1-3-5-7-9-11-13-15-17-19-21-23-25-27-29-31-33-35-37-39-41-43-45-47-61-48-51(49-62-65(59,60)63-50-52(55)54(57)58)64-53(56)46-44-42-40-38-36-34-32-30-28-26-24-22-20-18-16-14-12-10-8-6-4-2/h16,18,21-24,51-52H,3-15,17,19-20,25-50,55H2,1-2H3,(H,57,58)(H,59,60)/b18-16-,23-21-,24-22-. The molecular weight excluding hydrogens is 838 g/mol. The molecule has 3 unspecified atom stereocenters. The van der Waals surface area contributed by atoms with Crippen LogP contribution in [0.1, 0.15) is 258 Å². The van der Waals surface area contributed by atoms with E-state index in [9.17, 15) is 19.0 Å². The van der Waals surface area contributed by atoms with Gasteiger partial charge in [0, 0.05) is 13.0 Å². The number of carbonyl (C=O) groups excluding carboxylic acids is 1. The van der Waals surface area contributed by atoms with Crippen LogP contribution in [0.5, 0.6) is 0 Å². The second-order valence-corrected chi connectivity index (χ2v) is 19.8. The van der Waals surface area contributed by atoms with Gasteiger partial charge in [0.25, 0.3) is 0 Å². The van der Waals surface area contributed by atoms with Crippen molar-refractivity contribution >= 4 is 19.8 Å². The van der Waals surface area contributed by atoms with Gasteiger partial charge in [0.05, 0.1) is 19.8 Å². The number of nitrogens with two attached hydrogens (primary N) is 1. The zero-order chi connectivity index (χ0) is 47.6. The fourth-order valence-electron chi connectivity index (χ4n) is 7.69.